The van der Waals surface area contributed by atoms with E-state index in [1.807, 2.05) is 30.3 Å². The van der Waals surface area contributed by atoms with E-state index >= 15 is 0 Å². The zero-order valence-electron chi connectivity index (χ0n) is 18.8. The molecule has 0 aliphatic heterocycles. The third-order valence-electron chi connectivity index (χ3n) is 4.81. The molecule has 0 saturated carbocycles. The summed E-state index contributed by atoms with van der Waals surface area (Å²) in [5.74, 6) is 0.173. The number of nitrogens with one attached hydrogen (secondary N) is 2. The van der Waals surface area contributed by atoms with E-state index in [9.17, 15) is 14.5 Å². The summed E-state index contributed by atoms with van der Waals surface area (Å²) in [5, 5.41) is 8.97. The van der Waals surface area contributed by atoms with E-state index < -0.39 is 12.0 Å². The molecular weight excluding hydrogens is 428 g/mol. The van der Waals surface area contributed by atoms with Gasteiger partial charge in [0, 0.05) is 31.1 Å². The van der Waals surface area contributed by atoms with Crippen LogP contribution in [-0.2, 0) is 14.3 Å². The van der Waals surface area contributed by atoms with Gasteiger partial charge in [0.15, 0.2) is 11.5 Å². The summed E-state index contributed by atoms with van der Waals surface area (Å²) in [6.07, 6.45) is 0.755. The summed E-state index contributed by atoms with van der Waals surface area (Å²) in [4.78, 5) is 35.1. The molecule has 0 bridgehead atoms. The summed E-state index contributed by atoms with van der Waals surface area (Å²) in [6.45, 7) is 0.982. The van der Waals surface area contributed by atoms with E-state index in [0.717, 1.165) is 5.56 Å². The molecule has 1 atom stereocenters. The van der Waals surface area contributed by atoms with Gasteiger partial charge in [-0.25, -0.2) is 0 Å². The van der Waals surface area contributed by atoms with Gasteiger partial charge in [0.05, 0.1) is 33.4 Å². The Morgan fingerprint density at radius 2 is 1.88 bits per heavy atom. The van der Waals surface area contributed by atoms with Crippen LogP contribution < -0.4 is 25.8 Å². The highest BCUT2D eigenvalue weighted by Gasteiger charge is 2.22. The molecule has 0 spiro atoms. The maximum Gasteiger partial charge on any atom is 0.319 e. The zero-order chi connectivity index (χ0) is 24.1. The monoisotopic (exact) mass is 458 g/mol. The van der Waals surface area contributed by atoms with Gasteiger partial charge in [0.25, 0.3) is 0 Å². The number of hydrogen-bond donors (Lipinski definition) is 3. The van der Waals surface area contributed by atoms with Crippen molar-refractivity contribution >= 4 is 17.6 Å². The molecule has 0 heterocycles. The van der Waals surface area contributed by atoms with Crippen LogP contribution in [0.5, 0.6) is 11.5 Å². The smallest absolute Gasteiger partial charge is 0.319 e. The summed E-state index contributed by atoms with van der Waals surface area (Å²) in [5.41, 5.74) is 6.84. The van der Waals surface area contributed by atoms with Crippen LogP contribution >= 0.6 is 0 Å². The van der Waals surface area contributed by atoms with Crippen LogP contribution in [-0.4, -0.2) is 52.3 Å². The molecule has 33 heavy (non-hydrogen) atoms. The Morgan fingerprint density at radius 3 is 2.52 bits per heavy atom. The van der Waals surface area contributed by atoms with Crippen molar-refractivity contribution in [2.75, 3.05) is 40.5 Å². The van der Waals surface area contributed by atoms with E-state index in [4.69, 9.17) is 19.9 Å². The minimum absolute atomic E-state index is 0.0683. The van der Waals surface area contributed by atoms with Gasteiger partial charge in [0.1, 0.15) is 5.69 Å². The molecule has 0 aliphatic rings. The number of hydrogen-bond acceptors (Lipinski definition) is 9. The lowest BCUT2D eigenvalue weighted by molar-refractivity contribution is -0.139. The van der Waals surface area contributed by atoms with E-state index in [2.05, 4.69) is 15.8 Å². The molecule has 2 aromatic rings. The quantitative estimate of drug-likeness (QED) is 0.222. The SMILES string of the molecule is COC(=O)CNC(c1ccccc1)c1cc(OC)c(OCCCC(=O)NCCN)cc1N=O. The molecule has 1 unspecified atom stereocenters. The van der Waals surface area contributed by atoms with Crippen molar-refractivity contribution in [2.24, 2.45) is 10.9 Å². The lowest BCUT2D eigenvalue weighted by Gasteiger charge is -2.22. The van der Waals surface area contributed by atoms with Crippen molar-refractivity contribution in [3.63, 3.8) is 0 Å². The average molecular weight is 459 g/mol. The Bertz CT molecular complexity index is 923. The number of carbonyl (C=O) groups is 2. The van der Waals surface area contributed by atoms with Gasteiger partial charge in [-0.15, -0.1) is 4.91 Å². The topological polar surface area (TPSA) is 141 Å². The van der Waals surface area contributed by atoms with Crippen LogP contribution in [0.1, 0.15) is 30.0 Å². The Balaban J connectivity index is 2.24. The van der Waals surface area contributed by atoms with E-state index in [1.165, 1.54) is 20.3 Å². The molecule has 4 N–H and O–H groups in total. The standard InChI is InChI=1S/C23H30N4O6/c1-31-19-13-17(23(26-15-22(29)32-2)16-7-4-3-5-8-16)18(27-30)14-20(19)33-12-6-9-21(28)25-11-10-24/h3-5,7-8,13-14,23,26H,6,9-12,15,24H2,1-2H3,(H,25,28). The second kappa shape index (κ2) is 13.8. The molecule has 178 valence electrons. The fraction of sp³-hybridized carbons (Fsp3) is 0.391. The van der Waals surface area contributed by atoms with Crippen molar-refractivity contribution in [3.8, 4) is 11.5 Å². The first-order valence-corrected chi connectivity index (χ1v) is 10.5. The second-order valence-electron chi connectivity index (χ2n) is 7.04. The van der Waals surface area contributed by atoms with Crippen LogP contribution in [0.25, 0.3) is 0 Å². The largest absolute Gasteiger partial charge is 0.493 e. The summed E-state index contributed by atoms with van der Waals surface area (Å²) >= 11 is 0. The zero-order valence-corrected chi connectivity index (χ0v) is 18.8. The van der Waals surface area contributed by atoms with E-state index in [0.29, 0.717) is 36.6 Å². The minimum Gasteiger partial charge on any atom is -0.493 e. The maximum absolute atomic E-state index is 11.7. The number of nitrogens with two attached hydrogens (primary N) is 1. The van der Waals surface area contributed by atoms with Crippen molar-refractivity contribution in [2.45, 2.75) is 18.9 Å². The molecule has 10 heteroatoms. The van der Waals surface area contributed by atoms with Crippen LogP contribution in [0.2, 0.25) is 0 Å². The third-order valence-corrected chi connectivity index (χ3v) is 4.81. The molecule has 10 nitrogen and oxygen atoms in total. The molecule has 2 rings (SSSR count). The van der Waals surface area contributed by atoms with Crippen molar-refractivity contribution in [1.82, 2.24) is 10.6 Å². The number of nitrogens with zero attached hydrogens (tertiary/aromatic N) is 1. The number of benzene rings is 2. The van der Waals surface area contributed by atoms with Gasteiger partial charge in [-0.05, 0) is 23.2 Å². The van der Waals surface area contributed by atoms with E-state index in [-0.39, 0.29) is 31.2 Å². The number of rotatable bonds is 14. The highest BCUT2D eigenvalue weighted by atomic mass is 16.5. The Morgan fingerprint density at radius 1 is 1.12 bits per heavy atom. The number of carbonyl (C=O) groups excluding carboxylic acids is 2. The van der Waals surface area contributed by atoms with Crippen molar-refractivity contribution in [1.29, 1.82) is 0 Å². The normalized spacial score (nSPS) is 11.4. The lowest BCUT2D eigenvalue weighted by atomic mass is 9.96. The molecule has 0 radical (unpaired) electrons. The summed E-state index contributed by atoms with van der Waals surface area (Å²) in [6, 6.07) is 11.9. The first-order valence-electron chi connectivity index (χ1n) is 10.5. The molecule has 2 aromatic carbocycles. The average Bonchev–Trinajstić information content (AvgIpc) is 2.85. The predicted molar refractivity (Wildman–Crippen MR) is 124 cm³/mol. The molecule has 0 aliphatic carbocycles. The van der Waals surface area contributed by atoms with Crippen LogP contribution in [0, 0.1) is 4.91 Å². The highest BCUT2D eigenvalue weighted by Crippen LogP contribution is 2.39. The van der Waals surface area contributed by atoms with Gasteiger partial charge in [-0.1, -0.05) is 30.3 Å². The Hall–Kier alpha value is -3.50. The summed E-state index contributed by atoms with van der Waals surface area (Å²) in [7, 11) is 2.79. The summed E-state index contributed by atoms with van der Waals surface area (Å²) < 4.78 is 15.9. The Labute approximate surface area is 192 Å². The molecular formula is C23H30N4O6. The number of amides is 1. The van der Waals surface area contributed by atoms with E-state index in [1.54, 1.807) is 6.07 Å². The van der Waals surface area contributed by atoms with Crippen LogP contribution in [0.15, 0.2) is 47.6 Å². The lowest BCUT2D eigenvalue weighted by Crippen LogP contribution is -2.29. The van der Waals surface area contributed by atoms with Gasteiger partial charge >= 0.3 is 5.97 Å². The number of ether oxygens (including phenoxy) is 3. The Kier molecular flexibility index (Phi) is 10.8. The number of nitroso groups, excluding NO2 is 1. The molecule has 0 saturated heterocycles. The molecule has 0 aromatic heterocycles. The number of methoxy groups -OCH3 is 2. The minimum atomic E-state index is -0.521. The fourth-order valence-electron chi connectivity index (χ4n) is 3.17. The van der Waals surface area contributed by atoms with Gasteiger partial charge in [-0.3, -0.25) is 14.9 Å². The first-order chi connectivity index (χ1) is 16.0. The first kappa shape index (κ1) is 25.8. The van der Waals surface area contributed by atoms with Gasteiger partial charge in [-0.2, -0.15) is 0 Å². The molecule has 0 fully saturated rings. The fourth-order valence-corrected chi connectivity index (χ4v) is 3.17. The van der Waals surface area contributed by atoms with Crippen molar-refractivity contribution < 1.29 is 23.8 Å². The predicted octanol–water partition coefficient (Wildman–Crippen LogP) is 2.18. The third kappa shape index (κ3) is 7.85. The second-order valence-corrected chi connectivity index (χ2v) is 7.04. The van der Waals surface area contributed by atoms with Gasteiger partial charge in [0.2, 0.25) is 5.91 Å². The molecule has 1 amide bonds. The van der Waals surface area contributed by atoms with Crippen molar-refractivity contribution in [3.05, 3.63) is 58.5 Å². The highest BCUT2D eigenvalue weighted by molar-refractivity contribution is 5.75. The maximum atomic E-state index is 11.7. The van der Waals surface area contributed by atoms with Gasteiger partial charge < -0.3 is 25.3 Å². The number of esters is 1. The van der Waals surface area contributed by atoms with Crippen LogP contribution in [0.3, 0.4) is 0 Å². The van der Waals surface area contributed by atoms with Crippen LogP contribution in [0.4, 0.5) is 5.69 Å².